The minimum Gasteiger partial charge on any atom is -0.462 e. The third-order valence-electron chi connectivity index (χ3n) is 11.4. The summed E-state index contributed by atoms with van der Waals surface area (Å²) in [6.45, 7) is 6.67. The molecule has 0 saturated carbocycles. The van der Waals surface area contributed by atoms with Gasteiger partial charge in [0, 0.05) is 19.3 Å². The van der Waals surface area contributed by atoms with Gasteiger partial charge in [-0.15, -0.1) is 0 Å². The van der Waals surface area contributed by atoms with E-state index < -0.39 is 6.10 Å². The van der Waals surface area contributed by atoms with Crippen molar-refractivity contribution in [1.29, 1.82) is 0 Å². The monoisotopic (exact) mass is 793 g/mol. The van der Waals surface area contributed by atoms with Gasteiger partial charge in [0.1, 0.15) is 13.2 Å². The molecule has 0 bridgehead atoms. The van der Waals surface area contributed by atoms with Gasteiger partial charge >= 0.3 is 17.9 Å². The van der Waals surface area contributed by atoms with Crippen LogP contribution in [0.5, 0.6) is 0 Å². The zero-order valence-electron chi connectivity index (χ0n) is 37.9. The third kappa shape index (κ3) is 43.5. The van der Waals surface area contributed by atoms with E-state index >= 15 is 0 Å². The van der Waals surface area contributed by atoms with Gasteiger partial charge in [-0.1, -0.05) is 245 Å². The zero-order chi connectivity index (χ0) is 40.8. The molecule has 0 aliphatic rings. The molecule has 0 fully saturated rings. The maximum atomic E-state index is 12.7. The lowest BCUT2D eigenvalue weighted by Crippen LogP contribution is -2.30. The number of hydrogen-bond acceptors (Lipinski definition) is 6. The van der Waals surface area contributed by atoms with Gasteiger partial charge in [0.15, 0.2) is 6.10 Å². The van der Waals surface area contributed by atoms with Crippen molar-refractivity contribution in [2.75, 3.05) is 13.2 Å². The molecule has 6 heteroatoms. The van der Waals surface area contributed by atoms with Crippen LogP contribution >= 0.6 is 0 Å². The first-order valence-corrected chi connectivity index (χ1v) is 25.0. The molecule has 0 N–H and O–H groups in total. The van der Waals surface area contributed by atoms with Gasteiger partial charge < -0.3 is 14.2 Å². The molecule has 0 amide bonds. The van der Waals surface area contributed by atoms with E-state index in [0.717, 1.165) is 57.8 Å². The van der Waals surface area contributed by atoms with E-state index in [0.29, 0.717) is 19.3 Å². The number of ether oxygens (including phenoxy) is 3. The molecule has 0 aromatic heterocycles. The van der Waals surface area contributed by atoms with Gasteiger partial charge in [-0.05, 0) is 19.3 Å². The Morgan fingerprint density at radius 1 is 0.286 bits per heavy atom. The lowest BCUT2D eigenvalue weighted by atomic mass is 10.0. The minimum absolute atomic E-state index is 0.0620. The van der Waals surface area contributed by atoms with Crippen LogP contribution in [0, 0.1) is 0 Å². The fraction of sp³-hybridized carbons (Fsp3) is 0.940. The summed E-state index contributed by atoms with van der Waals surface area (Å²) in [5.41, 5.74) is 0. The zero-order valence-corrected chi connectivity index (χ0v) is 37.9. The predicted molar refractivity (Wildman–Crippen MR) is 238 cm³/mol. The first kappa shape index (κ1) is 54.4. The first-order chi connectivity index (χ1) is 27.5. The molecule has 6 nitrogen and oxygen atoms in total. The van der Waals surface area contributed by atoms with Gasteiger partial charge in [0.25, 0.3) is 0 Å². The van der Waals surface area contributed by atoms with Gasteiger partial charge in [0.05, 0.1) is 0 Å². The summed E-state index contributed by atoms with van der Waals surface area (Å²) < 4.78 is 16.8. The number of unbranched alkanes of at least 4 members (excludes halogenated alkanes) is 35. The minimum atomic E-state index is -0.758. The van der Waals surface area contributed by atoms with Crippen LogP contribution in [0.2, 0.25) is 0 Å². The van der Waals surface area contributed by atoms with Crippen molar-refractivity contribution in [2.24, 2.45) is 0 Å². The largest absolute Gasteiger partial charge is 0.462 e. The number of esters is 3. The summed E-state index contributed by atoms with van der Waals surface area (Å²) in [5, 5.41) is 0. The van der Waals surface area contributed by atoms with Crippen molar-refractivity contribution in [3.63, 3.8) is 0 Å². The second-order valence-electron chi connectivity index (χ2n) is 17.1. The molecular formula is C50H96O6. The Labute approximate surface area is 348 Å². The Hall–Kier alpha value is -1.59. The Balaban J connectivity index is 4.30. The number of rotatable bonds is 46. The van der Waals surface area contributed by atoms with Crippen LogP contribution in [0.3, 0.4) is 0 Å². The summed E-state index contributed by atoms with van der Waals surface area (Å²) in [6, 6.07) is 0. The Bertz CT molecular complexity index is 828. The molecular weight excluding hydrogens is 697 g/mol. The van der Waals surface area contributed by atoms with Gasteiger partial charge in [-0.2, -0.15) is 0 Å². The Kier molecular flexibility index (Phi) is 44.8. The van der Waals surface area contributed by atoms with E-state index in [2.05, 4.69) is 20.8 Å². The second kappa shape index (κ2) is 46.1. The number of hydrogen-bond donors (Lipinski definition) is 0. The molecule has 56 heavy (non-hydrogen) atoms. The number of carbonyl (C=O) groups excluding carboxylic acids is 3. The smallest absolute Gasteiger partial charge is 0.306 e. The van der Waals surface area contributed by atoms with Crippen molar-refractivity contribution in [3.8, 4) is 0 Å². The van der Waals surface area contributed by atoms with Gasteiger partial charge in [-0.3, -0.25) is 14.4 Å². The highest BCUT2D eigenvalue weighted by Gasteiger charge is 2.19. The topological polar surface area (TPSA) is 78.9 Å². The van der Waals surface area contributed by atoms with E-state index in [4.69, 9.17) is 14.2 Å². The third-order valence-corrected chi connectivity index (χ3v) is 11.4. The van der Waals surface area contributed by atoms with Crippen molar-refractivity contribution < 1.29 is 28.6 Å². The van der Waals surface area contributed by atoms with E-state index in [9.17, 15) is 14.4 Å². The highest BCUT2D eigenvalue weighted by atomic mass is 16.6. The van der Waals surface area contributed by atoms with E-state index in [1.807, 2.05) is 0 Å². The van der Waals surface area contributed by atoms with Crippen LogP contribution in [0.4, 0.5) is 0 Å². The molecule has 0 aromatic rings. The van der Waals surface area contributed by atoms with Crippen molar-refractivity contribution >= 4 is 17.9 Å². The molecule has 332 valence electrons. The summed E-state index contributed by atoms with van der Waals surface area (Å²) in [4.78, 5) is 37.8. The van der Waals surface area contributed by atoms with Crippen LogP contribution in [0.1, 0.15) is 284 Å². The maximum absolute atomic E-state index is 12.7. The SMILES string of the molecule is CCCCCCCCCCCCCCCCC(=O)OC[C@@H](COC(=O)CCCCCCCCCCCCCC)OC(=O)CCCCCCCCCCCCCC. The molecule has 0 aliphatic carbocycles. The molecule has 0 heterocycles. The lowest BCUT2D eigenvalue weighted by molar-refractivity contribution is -0.167. The summed E-state index contributed by atoms with van der Waals surface area (Å²) in [6.07, 6.45) is 47.9. The van der Waals surface area contributed by atoms with Crippen molar-refractivity contribution in [1.82, 2.24) is 0 Å². The maximum Gasteiger partial charge on any atom is 0.306 e. The molecule has 0 rings (SSSR count). The van der Waals surface area contributed by atoms with E-state index in [-0.39, 0.29) is 31.1 Å². The molecule has 0 aliphatic heterocycles. The standard InChI is InChI=1S/C50H96O6/c1-4-7-10-13-16-19-22-25-26-29-31-34-37-40-43-49(52)55-46-47(56-50(53)44-41-38-35-32-28-24-21-18-15-12-9-6-3)45-54-48(51)42-39-36-33-30-27-23-20-17-14-11-8-5-2/h47H,4-46H2,1-3H3/t47-/m1/s1. The van der Waals surface area contributed by atoms with Crippen molar-refractivity contribution in [3.05, 3.63) is 0 Å². The first-order valence-electron chi connectivity index (χ1n) is 25.0. The molecule has 0 saturated heterocycles. The average molecular weight is 793 g/mol. The van der Waals surface area contributed by atoms with Gasteiger partial charge in [0.2, 0.25) is 0 Å². The lowest BCUT2D eigenvalue weighted by Gasteiger charge is -2.18. The quantitative estimate of drug-likeness (QED) is 0.0347. The second-order valence-corrected chi connectivity index (χ2v) is 17.1. The molecule has 1 atom stereocenters. The Morgan fingerprint density at radius 3 is 0.714 bits per heavy atom. The summed E-state index contributed by atoms with van der Waals surface area (Å²) in [7, 11) is 0. The van der Waals surface area contributed by atoms with Crippen LogP contribution in [0.15, 0.2) is 0 Å². The number of carbonyl (C=O) groups is 3. The van der Waals surface area contributed by atoms with Crippen LogP contribution in [0.25, 0.3) is 0 Å². The fourth-order valence-corrected chi connectivity index (χ4v) is 7.56. The van der Waals surface area contributed by atoms with Crippen LogP contribution in [-0.2, 0) is 28.6 Å². The van der Waals surface area contributed by atoms with E-state index in [1.165, 1.54) is 186 Å². The average Bonchev–Trinajstić information content (AvgIpc) is 3.19. The van der Waals surface area contributed by atoms with Crippen molar-refractivity contribution in [2.45, 2.75) is 290 Å². The van der Waals surface area contributed by atoms with Crippen LogP contribution in [-0.4, -0.2) is 37.2 Å². The highest BCUT2D eigenvalue weighted by molar-refractivity contribution is 5.71. The molecule has 0 aromatic carbocycles. The summed E-state index contributed by atoms with van der Waals surface area (Å²) in [5.74, 6) is -0.844. The predicted octanol–water partition coefficient (Wildman–Crippen LogP) is 16.0. The molecule has 0 radical (unpaired) electrons. The van der Waals surface area contributed by atoms with Gasteiger partial charge in [-0.25, -0.2) is 0 Å². The Morgan fingerprint density at radius 2 is 0.482 bits per heavy atom. The highest BCUT2D eigenvalue weighted by Crippen LogP contribution is 2.16. The normalized spacial score (nSPS) is 11.8. The fourth-order valence-electron chi connectivity index (χ4n) is 7.56. The molecule has 0 unspecified atom stereocenters. The summed E-state index contributed by atoms with van der Waals surface area (Å²) >= 11 is 0. The molecule has 0 spiro atoms. The van der Waals surface area contributed by atoms with Crippen LogP contribution < -0.4 is 0 Å². The van der Waals surface area contributed by atoms with E-state index in [1.54, 1.807) is 0 Å².